The maximum atomic E-state index is 10.7. The molecule has 26 heavy (non-hydrogen) atoms. The Balaban J connectivity index is 1.59. The second-order valence-corrected chi connectivity index (χ2v) is 6.36. The average molecular weight is 364 g/mol. The smallest absolute Gasteiger partial charge is 0.258 e. The van der Waals surface area contributed by atoms with Gasteiger partial charge in [0.1, 0.15) is 11.4 Å². The van der Waals surface area contributed by atoms with Crippen molar-refractivity contribution in [2.45, 2.75) is 10.8 Å². The molecule has 0 spiro atoms. The summed E-state index contributed by atoms with van der Waals surface area (Å²) in [6.45, 7) is 0. The van der Waals surface area contributed by atoms with Crippen molar-refractivity contribution in [1.29, 1.82) is 0 Å². The lowest BCUT2D eigenvalue weighted by atomic mass is 10.2. The van der Waals surface area contributed by atoms with E-state index in [0.717, 1.165) is 16.3 Å². The number of hydrogen-bond acceptors (Lipinski definition) is 7. The van der Waals surface area contributed by atoms with Crippen LogP contribution in [0, 0.1) is 10.1 Å². The van der Waals surface area contributed by atoms with Crippen molar-refractivity contribution in [2.24, 2.45) is 0 Å². The number of benzene rings is 2. The molecule has 2 aromatic carbocycles. The predicted octanol–water partition coefficient (Wildman–Crippen LogP) is 3.41. The van der Waals surface area contributed by atoms with Crippen molar-refractivity contribution < 1.29 is 4.92 Å². The molecule has 0 radical (unpaired) electrons. The first-order valence-electron chi connectivity index (χ1n) is 7.70. The van der Waals surface area contributed by atoms with E-state index < -0.39 is 4.92 Å². The fourth-order valence-electron chi connectivity index (χ4n) is 2.44. The Morgan fingerprint density at radius 2 is 1.81 bits per heavy atom. The Hall–Kier alpha value is -3.33. The van der Waals surface area contributed by atoms with Crippen LogP contribution in [0.15, 0.2) is 66.0 Å². The van der Waals surface area contributed by atoms with Crippen LogP contribution in [0.2, 0.25) is 0 Å². The molecule has 0 bridgehead atoms. The summed E-state index contributed by atoms with van der Waals surface area (Å²) in [6, 6.07) is 16.1. The minimum absolute atomic E-state index is 0.0778. The minimum atomic E-state index is -0.410. The zero-order valence-corrected chi connectivity index (χ0v) is 14.2. The highest BCUT2D eigenvalue weighted by atomic mass is 32.2. The summed E-state index contributed by atoms with van der Waals surface area (Å²) in [7, 11) is 0. The van der Waals surface area contributed by atoms with E-state index in [2.05, 4.69) is 20.3 Å². The number of nitrogens with zero attached hydrogens (tertiary/aromatic N) is 6. The minimum Gasteiger partial charge on any atom is -0.258 e. The van der Waals surface area contributed by atoms with Crippen molar-refractivity contribution in [3.05, 3.63) is 76.6 Å². The number of aromatic nitrogens is 5. The van der Waals surface area contributed by atoms with Crippen molar-refractivity contribution in [1.82, 2.24) is 25.0 Å². The summed E-state index contributed by atoms with van der Waals surface area (Å²) in [5, 5.41) is 19.9. The van der Waals surface area contributed by atoms with E-state index in [1.807, 2.05) is 30.3 Å². The van der Waals surface area contributed by atoms with E-state index in [1.165, 1.54) is 30.2 Å². The molecule has 0 aliphatic heterocycles. The second kappa shape index (κ2) is 6.89. The lowest BCUT2D eigenvalue weighted by molar-refractivity contribution is -0.384. The molecule has 4 aromatic rings. The van der Waals surface area contributed by atoms with E-state index in [0.29, 0.717) is 16.9 Å². The third kappa shape index (κ3) is 3.11. The van der Waals surface area contributed by atoms with Crippen molar-refractivity contribution in [3.63, 3.8) is 0 Å². The van der Waals surface area contributed by atoms with Crippen LogP contribution in [0.4, 0.5) is 5.69 Å². The van der Waals surface area contributed by atoms with E-state index >= 15 is 0 Å². The monoisotopic (exact) mass is 364 g/mol. The van der Waals surface area contributed by atoms with Gasteiger partial charge < -0.3 is 0 Å². The summed E-state index contributed by atoms with van der Waals surface area (Å²) in [5.74, 6) is 0.613. The lowest BCUT2D eigenvalue weighted by Gasteiger charge is -2.03. The molecule has 0 aliphatic carbocycles. The van der Waals surface area contributed by atoms with E-state index in [4.69, 9.17) is 0 Å². The van der Waals surface area contributed by atoms with Gasteiger partial charge in [-0.25, -0.2) is 9.97 Å². The van der Waals surface area contributed by atoms with Gasteiger partial charge in [0.25, 0.3) is 5.69 Å². The van der Waals surface area contributed by atoms with Gasteiger partial charge in [0.15, 0.2) is 11.2 Å². The largest absolute Gasteiger partial charge is 0.269 e. The van der Waals surface area contributed by atoms with Crippen molar-refractivity contribution in [2.75, 3.05) is 0 Å². The van der Waals surface area contributed by atoms with Crippen LogP contribution in [0.1, 0.15) is 5.56 Å². The molecular formula is C17H12N6O2S. The third-order valence-corrected chi connectivity index (χ3v) is 4.78. The van der Waals surface area contributed by atoms with E-state index in [1.54, 1.807) is 16.8 Å². The molecule has 0 atom stereocenters. The van der Waals surface area contributed by atoms with Gasteiger partial charge in [-0.1, -0.05) is 47.3 Å². The molecule has 0 fully saturated rings. The van der Waals surface area contributed by atoms with Gasteiger partial charge >= 0.3 is 0 Å². The Labute approximate surface area is 152 Å². The number of nitro groups is 1. The van der Waals surface area contributed by atoms with Crippen molar-refractivity contribution in [3.8, 4) is 5.69 Å². The molecule has 0 unspecified atom stereocenters. The molecule has 2 aromatic heterocycles. The zero-order valence-electron chi connectivity index (χ0n) is 13.4. The first-order chi connectivity index (χ1) is 12.7. The molecule has 0 saturated heterocycles. The Bertz CT molecular complexity index is 1070. The molecular weight excluding hydrogens is 352 g/mol. The molecule has 8 nitrogen and oxygen atoms in total. The standard InChI is InChI=1S/C17H12N6O2S/c24-23(25)14-8-6-12(7-9-14)10-26-17-15-16(18-11-19-17)22(21-20-15)13-4-2-1-3-5-13/h1-9,11H,10H2. The highest BCUT2D eigenvalue weighted by Crippen LogP contribution is 2.27. The normalized spacial score (nSPS) is 10.9. The van der Waals surface area contributed by atoms with E-state index in [9.17, 15) is 10.1 Å². The highest BCUT2D eigenvalue weighted by molar-refractivity contribution is 7.98. The number of nitro benzene ring substituents is 1. The summed E-state index contributed by atoms with van der Waals surface area (Å²) >= 11 is 1.49. The maximum Gasteiger partial charge on any atom is 0.269 e. The number of thioether (sulfide) groups is 1. The maximum absolute atomic E-state index is 10.7. The fourth-order valence-corrected chi connectivity index (χ4v) is 3.33. The molecule has 2 heterocycles. The molecule has 9 heteroatoms. The summed E-state index contributed by atoms with van der Waals surface area (Å²) in [6.07, 6.45) is 1.49. The Kier molecular flexibility index (Phi) is 4.28. The van der Waals surface area contributed by atoms with Crippen LogP contribution in [0.25, 0.3) is 16.9 Å². The lowest BCUT2D eigenvalue weighted by Crippen LogP contribution is -1.97. The molecule has 0 saturated carbocycles. The quantitative estimate of drug-likeness (QED) is 0.231. The van der Waals surface area contributed by atoms with Crippen LogP contribution in [0.3, 0.4) is 0 Å². The summed E-state index contributed by atoms with van der Waals surface area (Å²) in [5.41, 5.74) is 3.18. The number of fused-ring (bicyclic) bond motifs is 1. The molecule has 4 rings (SSSR count). The summed E-state index contributed by atoms with van der Waals surface area (Å²) in [4.78, 5) is 18.9. The molecule has 0 aliphatic rings. The molecule has 128 valence electrons. The van der Waals surface area contributed by atoms with Gasteiger partial charge in [0.05, 0.1) is 10.6 Å². The number of hydrogen-bond donors (Lipinski definition) is 0. The van der Waals surface area contributed by atoms with Crippen LogP contribution in [-0.2, 0) is 5.75 Å². The number of para-hydroxylation sites is 1. The van der Waals surface area contributed by atoms with Crippen molar-refractivity contribution >= 4 is 28.6 Å². The van der Waals surface area contributed by atoms with Gasteiger partial charge in [-0.2, -0.15) is 4.68 Å². The number of rotatable bonds is 5. The SMILES string of the molecule is O=[N+]([O-])c1ccc(CSc2ncnc3c2nnn3-c2ccccc2)cc1. The van der Waals surface area contributed by atoms with Gasteiger partial charge in [-0.15, -0.1) is 5.10 Å². The third-order valence-electron chi connectivity index (χ3n) is 3.73. The average Bonchev–Trinajstić information content (AvgIpc) is 3.12. The van der Waals surface area contributed by atoms with Crippen LogP contribution >= 0.6 is 11.8 Å². The highest BCUT2D eigenvalue weighted by Gasteiger charge is 2.13. The number of non-ortho nitro benzene ring substituents is 1. The first kappa shape index (κ1) is 16.2. The van der Waals surface area contributed by atoms with Gasteiger partial charge in [-0.05, 0) is 17.7 Å². The van der Waals surface area contributed by atoms with Gasteiger partial charge in [-0.3, -0.25) is 10.1 Å². The van der Waals surface area contributed by atoms with Crippen LogP contribution < -0.4 is 0 Å². The summed E-state index contributed by atoms with van der Waals surface area (Å²) < 4.78 is 1.67. The Morgan fingerprint density at radius 1 is 1.04 bits per heavy atom. The first-order valence-corrected chi connectivity index (χ1v) is 8.69. The van der Waals surface area contributed by atoms with Crippen LogP contribution in [0.5, 0.6) is 0 Å². The van der Waals surface area contributed by atoms with E-state index in [-0.39, 0.29) is 5.69 Å². The Morgan fingerprint density at radius 3 is 2.54 bits per heavy atom. The zero-order chi connectivity index (χ0) is 17.9. The predicted molar refractivity (Wildman–Crippen MR) is 97.1 cm³/mol. The van der Waals surface area contributed by atoms with Crippen LogP contribution in [-0.4, -0.2) is 29.9 Å². The van der Waals surface area contributed by atoms with Gasteiger partial charge in [0, 0.05) is 17.9 Å². The topological polar surface area (TPSA) is 99.6 Å². The molecule has 0 N–H and O–H groups in total. The fraction of sp³-hybridized carbons (Fsp3) is 0.0588. The second-order valence-electron chi connectivity index (χ2n) is 5.40. The van der Waals surface area contributed by atoms with Gasteiger partial charge in [0.2, 0.25) is 0 Å². The molecule has 0 amide bonds.